The molecule has 2 aromatic rings. The highest BCUT2D eigenvalue weighted by atomic mass is 32.2. The van der Waals surface area contributed by atoms with E-state index in [-0.39, 0.29) is 0 Å². The molecule has 2 heterocycles. The maximum atomic E-state index is 4.50. The third-order valence-electron chi connectivity index (χ3n) is 2.72. The third-order valence-corrected chi connectivity index (χ3v) is 3.87. The smallest absolute Gasteiger partial charge is 0.144 e. The molecule has 0 fully saturated rings. The van der Waals surface area contributed by atoms with Crippen molar-refractivity contribution in [3.63, 3.8) is 0 Å². The molecule has 1 aromatic heterocycles. The molecule has 0 bridgehead atoms. The van der Waals surface area contributed by atoms with Crippen LogP contribution in [0.4, 0.5) is 0 Å². The number of aryl methyl sites for hydroxylation is 2. The molecular weight excluding hydrogens is 232 g/mol. The van der Waals surface area contributed by atoms with E-state index in [1.807, 2.05) is 6.92 Å². The van der Waals surface area contributed by atoms with Crippen molar-refractivity contribution in [3.8, 4) is 0 Å². The van der Waals surface area contributed by atoms with Gasteiger partial charge in [0.25, 0.3) is 0 Å². The van der Waals surface area contributed by atoms with Crippen LogP contribution in [0.15, 0.2) is 34.4 Å². The van der Waals surface area contributed by atoms with Crippen molar-refractivity contribution in [2.75, 3.05) is 5.75 Å². The maximum Gasteiger partial charge on any atom is 0.144 e. The minimum Gasteiger partial charge on any atom is -0.152 e. The van der Waals surface area contributed by atoms with Gasteiger partial charge in [-0.15, -0.1) is 9.89 Å². The van der Waals surface area contributed by atoms with Crippen LogP contribution < -0.4 is 0 Å². The average Bonchev–Trinajstić information content (AvgIpc) is 2.72. The number of fused-ring (bicyclic) bond motifs is 1. The molecule has 86 valence electrons. The number of benzene rings is 1. The lowest BCUT2D eigenvalue weighted by Gasteiger charge is -2.12. The van der Waals surface area contributed by atoms with Crippen LogP contribution in [-0.2, 0) is 0 Å². The van der Waals surface area contributed by atoms with E-state index in [1.165, 1.54) is 5.56 Å². The number of nitrogens with zero attached hydrogens (tertiary/aromatic N) is 4. The Hall–Kier alpha value is -1.62. The molecule has 5 heteroatoms. The molecule has 1 aromatic carbocycles. The fourth-order valence-corrected chi connectivity index (χ4v) is 2.67. The van der Waals surface area contributed by atoms with Crippen molar-refractivity contribution in [3.05, 3.63) is 41.1 Å². The zero-order valence-electron chi connectivity index (χ0n) is 9.71. The molecule has 0 N–H and O–H groups in total. The van der Waals surface area contributed by atoms with E-state index in [9.17, 15) is 0 Å². The highest BCUT2D eigenvalue weighted by molar-refractivity contribution is 8.00. The van der Waals surface area contributed by atoms with Crippen LogP contribution in [0.25, 0.3) is 0 Å². The summed E-state index contributed by atoms with van der Waals surface area (Å²) >= 11 is 1.74. The molecular formula is C12H12N4S. The number of thioether (sulfide) groups is 1. The minimum absolute atomic E-state index is 0.872. The van der Waals surface area contributed by atoms with Crippen molar-refractivity contribution in [1.82, 2.24) is 15.1 Å². The molecule has 1 aliphatic rings. The van der Waals surface area contributed by atoms with Gasteiger partial charge in [-0.1, -0.05) is 41.6 Å². The van der Waals surface area contributed by atoms with E-state index in [0.717, 1.165) is 27.7 Å². The van der Waals surface area contributed by atoms with Crippen molar-refractivity contribution in [2.24, 2.45) is 5.10 Å². The van der Waals surface area contributed by atoms with Crippen molar-refractivity contribution in [2.45, 2.75) is 18.9 Å². The predicted octanol–water partition coefficient (Wildman–Crippen LogP) is 2.25. The summed E-state index contributed by atoms with van der Waals surface area (Å²) < 4.78 is 0. The number of rotatable bonds is 1. The number of aromatic nitrogens is 3. The Labute approximate surface area is 104 Å². The van der Waals surface area contributed by atoms with Gasteiger partial charge in [0.15, 0.2) is 0 Å². The molecule has 0 radical (unpaired) electrons. The van der Waals surface area contributed by atoms with E-state index in [0.29, 0.717) is 0 Å². The van der Waals surface area contributed by atoms with Crippen LogP contribution in [0.2, 0.25) is 0 Å². The van der Waals surface area contributed by atoms with Crippen molar-refractivity contribution < 1.29 is 0 Å². The normalized spacial score (nSPS) is 14.4. The second-order valence-corrected chi connectivity index (χ2v) is 5.03. The molecule has 4 nitrogen and oxygen atoms in total. The lowest BCUT2D eigenvalue weighted by Crippen LogP contribution is -2.13. The Morgan fingerprint density at radius 1 is 1.18 bits per heavy atom. The Morgan fingerprint density at radius 3 is 2.71 bits per heavy atom. The zero-order valence-corrected chi connectivity index (χ0v) is 10.5. The summed E-state index contributed by atoms with van der Waals surface area (Å²) in [6.45, 7) is 4.04. The van der Waals surface area contributed by atoms with Crippen LogP contribution in [0, 0.1) is 13.8 Å². The van der Waals surface area contributed by atoms with Gasteiger partial charge < -0.3 is 0 Å². The summed E-state index contributed by atoms with van der Waals surface area (Å²) in [4.78, 5) is 1.62. The summed E-state index contributed by atoms with van der Waals surface area (Å²) in [6, 6.07) is 8.41. The van der Waals surface area contributed by atoms with E-state index in [1.54, 1.807) is 16.6 Å². The fraction of sp³-hybridized carbons (Fsp3) is 0.250. The average molecular weight is 244 g/mol. The van der Waals surface area contributed by atoms with Gasteiger partial charge in [0.1, 0.15) is 5.03 Å². The second kappa shape index (κ2) is 4.00. The third kappa shape index (κ3) is 1.86. The van der Waals surface area contributed by atoms with Gasteiger partial charge in [0.05, 0.1) is 11.4 Å². The first kappa shape index (κ1) is 10.5. The van der Waals surface area contributed by atoms with Crippen LogP contribution in [0.1, 0.15) is 16.8 Å². The lowest BCUT2D eigenvalue weighted by molar-refractivity contribution is 0.641. The quantitative estimate of drug-likeness (QED) is 0.772. The minimum atomic E-state index is 0.872. The molecule has 1 aliphatic heterocycles. The van der Waals surface area contributed by atoms with Crippen LogP contribution in [-0.4, -0.2) is 26.6 Å². The summed E-state index contributed by atoms with van der Waals surface area (Å²) in [5, 5.41) is 13.6. The van der Waals surface area contributed by atoms with Crippen LogP contribution in [0.5, 0.6) is 0 Å². The van der Waals surface area contributed by atoms with Gasteiger partial charge in [-0.2, -0.15) is 5.10 Å². The van der Waals surface area contributed by atoms with Gasteiger partial charge in [0.2, 0.25) is 0 Å². The largest absolute Gasteiger partial charge is 0.152 e. The molecule has 17 heavy (non-hydrogen) atoms. The van der Waals surface area contributed by atoms with E-state index in [4.69, 9.17) is 0 Å². The van der Waals surface area contributed by atoms with Gasteiger partial charge in [-0.3, -0.25) is 0 Å². The van der Waals surface area contributed by atoms with Gasteiger partial charge in [0, 0.05) is 5.75 Å². The Morgan fingerprint density at radius 2 is 1.94 bits per heavy atom. The number of hydrogen-bond acceptors (Lipinski definition) is 4. The standard InChI is InChI=1S/C12H12N4S/c1-8-3-5-10(6-4-8)11-7-17-12-9(2)13-15-16(12)14-11/h3-6H,7H2,1-2H3. The predicted molar refractivity (Wildman–Crippen MR) is 68.6 cm³/mol. The summed E-state index contributed by atoms with van der Waals surface area (Å²) in [5.74, 6) is 0.872. The van der Waals surface area contributed by atoms with Crippen molar-refractivity contribution in [1.29, 1.82) is 0 Å². The molecule has 0 unspecified atom stereocenters. The first-order valence-electron chi connectivity index (χ1n) is 5.44. The molecule has 0 saturated carbocycles. The van der Waals surface area contributed by atoms with Gasteiger partial charge in [-0.25, -0.2) is 0 Å². The van der Waals surface area contributed by atoms with Crippen molar-refractivity contribution >= 4 is 17.5 Å². The highest BCUT2D eigenvalue weighted by Gasteiger charge is 2.17. The summed E-state index contributed by atoms with van der Waals surface area (Å²) in [7, 11) is 0. The van der Waals surface area contributed by atoms with E-state index in [2.05, 4.69) is 46.6 Å². The first-order chi connectivity index (χ1) is 8.24. The molecule has 3 rings (SSSR count). The Balaban J connectivity index is 2.01. The zero-order chi connectivity index (χ0) is 11.8. The van der Waals surface area contributed by atoms with E-state index < -0.39 is 0 Å². The van der Waals surface area contributed by atoms with Gasteiger partial charge in [-0.05, 0) is 24.6 Å². The second-order valence-electron chi connectivity index (χ2n) is 4.07. The molecule has 0 aliphatic carbocycles. The van der Waals surface area contributed by atoms with Gasteiger partial charge >= 0.3 is 0 Å². The fourth-order valence-electron chi connectivity index (χ4n) is 1.73. The Kier molecular flexibility index (Phi) is 2.48. The molecule has 0 amide bonds. The lowest BCUT2D eigenvalue weighted by atomic mass is 10.1. The maximum absolute atomic E-state index is 4.50. The van der Waals surface area contributed by atoms with Crippen LogP contribution in [0.3, 0.4) is 0 Å². The number of hydrogen-bond donors (Lipinski definition) is 0. The molecule has 0 atom stereocenters. The molecule has 0 saturated heterocycles. The van der Waals surface area contributed by atoms with Crippen LogP contribution >= 0.6 is 11.8 Å². The topological polar surface area (TPSA) is 43.1 Å². The van der Waals surface area contributed by atoms with E-state index >= 15 is 0 Å². The Bertz CT molecular complexity index is 583. The highest BCUT2D eigenvalue weighted by Crippen LogP contribution is 2.25. The summed E-state index contributed by atoms with van der Waals surface area (Å²) in [6.07, 6.45) is 0. The summed E-state index contributed by atoms with van der Waals surface area (Å²) in [5.41, 5.74) is 4.41. The SMILES string of the molecule is Cc1ccc(C2=Nn3nnc(C)c3SC2)cc1. The molecule has 0 spiro atoms. The monoisotopic (exact) mass is 244 g/mol. The first-order valence-corrected chi connectivity index (χ1v) is 6.42.